The Bertz CT molecular complexity index is 464. The minimum atomic E-state index is -0.207. The molecule has 0 unspecified atom stereocenters. The van der Waals surface area contributed by atoms with E-state index < -0.39 is 0 Å². The lowest BCUT2D eigenvalue weighted by atomic mass is 10.1. The van der Waals surface area contributed by atoms with E-state index in [0.29, 0.717) is 6.54 Å². The Balaban J connectivity index is 1.97. The number of nitrogens with two attached hydrogens (primary N) is 1. The van der Waals surface area contributed by atoms with E-state index >= 15 is 0 Å². The molecular formula is C12H15FN4. The molecule has 0 saturated carbocycles. The third-order valence-corrected chi connectivity index (χ3v) is 2.62. The van der Waals surface area contributed by atoms with Gasteiger partial charge < -0.3 is 10.3 Å². The van der Waals surface area contributed by atoms with Crippen molar-refractivity contribution in [2.24, 2.45) is 5.73 Å². The molecule has 0 saturated heterocycles. The number of rotatable bonds is 5. The summed E-state index contributed by atoms with van der Waals surface area (Å²) in [6.07, 6.45) is 3.26. The van der Waals surface area contributed by atoms with Crippen molar-refractivity contribution in [3.05, 3.63) is 47.8 Å². The number of aromatic nitrogens is 3. The number of nitrogens with zero attached hydrogens (tertiary/aromatic N) is 3. The molecule has 0 radical (unpaired) electrons. The van der Waals surface area contributed by atoms with Gasteiger partial charge in [0.2, 0.25) is 0 Å². The van der Waals surface area contributed by atoms with Crippen LogP contribution in [0.3, 0.4) is 0 Å². The first-order valence-corrected chi connectivity index (χ1v) is 5.61. The summed E-state index contributed by atoms with van der Waals surface area (Å²) in [5.74, 6) is 0.691. The lowest BCUT2D eigenvalue weighted by molar-refractivity contribution is 0.623. The number of hydrogen-bond donors (Lipinski definition) is 1. The van der Waals surface area contributed by atoms with E-state index in [1.54, 1.807) is 18.5 Å². The van der Waals surface area contributed by atoms with Crippen LogP contribution in [0, 0.1) is 5.82 Å². The van der Waals surface area contributed by atoms with Crippen molar-refractivity contribution >= 4 is 0 Å². The monoisotopic (exact) mass is 234 g/mol. The number of benzene rings is 1. The van der Waals surface area contributed by atoms with E-state index in [1.165, 1.54) is 12.1 Å². The second kappa shape index (κ2) is 5.54. The van der Waals surface area contributed by atoms with Crippen molar-refractivity contribution in [2.75, 3.05) is 6.54 Å². The summed E-state index contributed by atoms with van der Waals surface area (Å²) >= 11 is 0. The van der Waals surface area contributed by atoms with E-state index in [4.69, 9.17) is 5.73 Å². The standard InChI is InChI=1S/C12H15FN4/c13-11-3-1-10(2-4-11)6-8-17-9-15-16-12(17)5-7-14/h1-4,9H,5-8,14H2. The highest BCUT2D eigenvalue weighted by Crippen LogP contribution is 2.06. The van der Waals surface area contributed by atoms with Crippen LogP contribution in [0.4, 0.5) is 4.39 Å². The van der Waals surface area contributed by atoms with Crippen LogP contribution in [-0.4, -0.2) is 21.3 Å². The third kappa shape index (κ3) is 3.10. The maximum atomic E-state index is 12.7. The predicted octanol–water partition coefficient (Wildman–Crippen LogP) is 1.16. The minimum absolute atomic E-state index is 0.207. The molecule has 17 heavy (non-hydrogen) atoms. The topological polar surface area (TPSA) is 56.7 Å². The maximum absolute atomic E-state index is 12.7. The van der Waals surface area contributed by atoms with Crippen molar-refractivity contribution in [3.8, 4) is 0 Å². The molecule has 4 nitrogen and oxygen atoms in total. The van der Waals surface area contributed by atoms with Crippen molar-refractivity contribution in [1.82, 2.24) is 14.8 Å². The fraction of sp³-hybridized carbons (Fsp3) is 0.333. The van der Waals surface area contributed by atoms with Gasteiger partial charge in [0.15, 0.2) is 0 Å². The van der Waals surface area contributed by atoms with Gasteiger partial charge in [0.05, 0.1) is 0 Å². The van der Waals surface area contributed by atoms with E-state index in [-0.39, 0.29) is 5.82 Å². The SMILES string of the molecule is NCCc1nncn1CCc1ccc(F)cc1. The lowest BCUT2D eigenvalue weighted by Crippen LogP contribution is -2.11. The average Bonchev–Trinajstić information content (AvgIpc) is 2.77. The van der Waals surface area contributed by atoms with E-state index in [2.05, 4.69) is 10.2 Å². The molecule has 1 aromatic carbocycles. The quantitative estimate of drug-likeness (QED) is 0.844. The summed E-state index contributed by atoms with van der Waals surface area (Å²) in [7, 11) is 0. The van der Waals surface area contributed by atoms with Crippen molar-refractivity contribution in [3.63, 3.8) is 0 Å². The summed E-state index contributed by atoms with van der Waals surface area (Å²) in [5.41, 5.74) is 6.59. The zero-order valence-corrected chi connectivity index (χ0v) is 9.51. The van der Waals surface area contributed by atoms with Crippen LogP contribution in [0.2, 0.25) is 0 Å². The second-order valence-corrected chi connectivity index (χ2v) is 3.86. The molecular weight excluding hydrogens is 219 g/mol. The van der Waals surface area contributed by atoms with Gasteiger partial charge >= 0.3 is 0 Å². The van der Waals surface area contributed by atoms with Crippen LogP contribution in [0.25, 0.3) is 0 Å². The van der Waals surface area contributed by atoms with E-state index in [0.717, 1.165) is 30.8 Å². The van der Waals surface area contributed by atoms with Crippen LogP contribution in [0.15, 0.2) is 30.6 Å². The Labute approximate surface area is 99.3 Å². The Morgan fingerprint density at radius 1 is 1.18 bits per heavy atom. The molecule has 5 heteroatoms. The summed E-state index contributed by atoms with van der Waals surface area (Å²) in [5, 5.41) is 7.87. The van der Waals surface area contributed by atoms with Gasteiger partial charge in [0.25, 0.3) is 0 Å². The summed E-state index contributed by atoms with van der Waals surface area (Å²) in [6.45, 7) is 1.35. The first-order chi connectivity index (χ1) is 8.29. The van der Waals surface area contributed by atoms with Crippen LogP contribution in [0.5, 0.6) is 0 Å². The molecule has 0 amide bonds. The molecule has 2 rings (SSSR count). The van der Waals surface area contributed by atoms with Gasteiger partial charge in [0.1, 0.15) is 18.0 Å². The van der Waals surface area contributed by atoms with Gasteiger partial charge in [0, 0.05) is 13.0 Å². The number of halogens is 1. The third-order valence-electron chi connectivity index (χ3n) is 2.62. The van der Waals surface area contributed by atoms with Crippen LogP contribution < -0.4 is 5.73 Å². The lowest BCUT2D eigenvalue weighted by Gasteiger charge is -2.05. The Hall–Kier alpha value is -1.75. The van der Waals surface area contributed by atoms with Gasteiger partial charge in [-0.05, 0) is 30.7 Å². The summed E-state index contributed by atoms with van der Waals surface area (Å²) in [6, 6.07) is 6.54. The van der Waals surface area contributed by atoms with Crippen molar-refractivity contribution < 1.29 is 4.39 Å². The molecule has 0 aliphatic rings. The number of aryl methyl sites for hydroxylation is 2. The first kappa shape index (κ1) is 11.7. The molecule has 90 valence electrons. The zero-order valence-electron chi connectivity index (χ0n) is 9.51. The van der Waals surface area contributed by atoms with Crippen LogP contribution >= 0.6 is 0 Å². The Morgan fingerprint density at radius 3 is 2.65 bits per heavy atom. The fourth-order valence-corrected chi connectivity index (χ4v) is 1.69. The maximum Gasteiger partial charge on any atom is 0.134 e. The van der Waals surface area contributed by atoms with Gasteiger partial charge in [-0.3, -0.25) is 0 Å². The molecule has 2 aromatic rings. The largest absolute Gasteiger partial charge is 0.330 e. The molecule has 0 atom stereocenters. The van der Waals surface area contributed by atoms with E-state index in [1.807, 2.05) is 4.57 Å². The smallest absolute Gasteiger partial charge is 0.134 e. The van der Waals surface area contributed by atoms with Gasteiger partial charge in [-0.1, -0.05) is 12.1 Å². The Morgan fingerprint density at radius 2 is 1.94 bits per heavy atom. The van der Waals surface area contributed by atoms with Gasteiger partial charge in [-0.25, -0.2) is 4.39 Å². The van der Waals surface area contributed by atoms with Gasteiger partial charge in [-0.2, -0.15) is 0 Å². The molecule has 1 heterocycles. The van der Waals surface area contributed by atoms with Crippen LogP contribution in [0.1, 0.15) is 11.4 Å². The molecule has 0 aliphatic carbocycles. The summed E-state index contributed by atoms with van der Waals surface area (Å²) < 4.78 is 14.7. The van der Waals surface area contributed by atoms with Crippen LogP contribution in [-0.2, 0) is 19.4 Å². The minimum Gasteiger partial charge on any atom is -0.330 e. The molecule has 1 aromatic heterocycles. The molecule has 0 fully saturated rings. The first-order valence-electron chi connectivity index (χ1n) is 5.61. The average molecular weight is 234 g/mol. The Kier molecular flexibility index (Phi) is 3.82. The zero-order chi connectivity index (χ0) is 12.1. The summed E-state index contributed by atoms with van der Waals surface area (Å²) in [4.78, 5) is 0. The fourth-order valence-electron chi connectivity index (χ4n) is 1.69. The van der Waals surface area contributed by atoms with Gasteiger partial charge in [-0.15, -0.1) is 10.2 Å². The molecule has 2 N–H and O–H groups in total. The normalized spacial score (nSPS) is 10.7. The molecule has 0 spiro atoms. The molecule has 0 aliphatic heterocycles. The van der Waals surface area contributed by atoms with Crippen molar-refractivity contribution in [2.45, 2.75) is 19.4 Å². The molecule has 0 bridgehead atoms. The predicted molar refractivity (Wildman–Crippen MR) is 62.9 cm³/mol. The highest BCUT2D eigenvalue weighted by Gasteiger charge is 2.03. The second-order valence-electron chi connectivity index (χ2n) is 3.86. The highest BCUT2D eigenvalue weighted by molar-refractivity contribution is 5.16. The highest BCUT2D eigenvalue weighted by atomic mass is 19.1. The van der Waals surface area contributed by atoms with E-state index in [9.17, 15) is 4.39 Å². The van der Waals surface area contributed by atoms with Crippen molar-refractivity contribution in [1.29, 1.82) is 0 Å². The number of hydrogen-bond acceptors (Lipinski definition) is 3.